The standard InChI is InChI=1S/C13H25NO2/c1-6-12(7-2)14(8-10(3)4)9-11(5)13(15)16/h10,12H,5-9H2,1-4H3,(H,15,16). The van der Waals surface area contributed by atoms with Crippen molar-refractivity contribution >= 4 is 5.97 Å². The van der Waals surface area contributed by atoms with E-state index < -0.39 is 5.97 Å². The van der Waals surface area contributed by atoms with Gasteiger partial charge in [-0.25, -0.2) is 4.79 Å². The number of rotatable bonds is 8. The fourth-order valence-corrected chi connectivity index (χ4v) is 1.93. The number of carboxylic acid groups (broad SMARTS) is 1. The van der Waals surface area contributed by atoms with E-state index in [4.69, 9.17) is 5.11 Å². The molecule has 1 N–H and O–H groups in total. The highest BCUT2D eigenvalue weighted by Crippen LogP contribution is 2.13. The van der Waals surface area contributed by atoms with Crippen molar-refractivity contribution in [1.82, 2.24) is 4.90 Å². The summed E-state index contributed by atoms with van der Waals surface area (Å²) < 4.78 is 0. The molecule has 0 fully saturated rings. The highest BCUT2D eigenvalue weighted by atomic mass is 16.4. The lowest BCUT2D eigenvalue weighted by molar-refractivity contribution is -0.133. The average Bonchev–Trinajstić information content (AvgIpc) is 2.18. The molecule has 0 heterocycles. The van der Waals surface area contributed by atoms with Gasteiger partial charge in [-0.15, -0.1) is 0 Å². The van der Waals surface area contributed by atoms with E-state index in [0.29, 0.717) is 18.5 Å². The second-order valence-corrected chi connectivity index (χ2v) is 4.70. The topological polar surface area (TPSA) is 40.5 Å². The van der Waals surface area contributed by atoms with E-state index in [0.717, 1.165) is 19.4 Å². The zero-order chi connectivity index (χ0) is 12.7. The number of hydrogen-bond donors (Lipinski definition) is 1. The number of carboxylic acids is 1. The van der Waals surface area contributed by atoms with Gasteiger partial charge in [0, 0.05) is 24.7 Å². The zero-order valence-corrected chi connectivity index (χ0v) is 11.0. The van der Waals surface area contributed by atoms with Crippen molar-refractivity contribution in [3.8, 4) is 0 Å². The van der Waals surface area contributed by atoms with Crippen molar-refractivity contribution in [3.63, 3.8) is 0 Å². The Morgan fingerprint density at radius 3 is 2.12 bits per heavy atom. The van der Waals surface area contributed by atoms with E-state index in [1.807, 2.05) is 0 Å². The second kappa shape index (κ2) is 7.44. The smallest absolute Gasteiger partial charge is 0.332 e. The van der Waals surface area contributed by atoms with Gasteiger partial charge in [-0.05, 0) is 18.8 Å². The van der Waals surface area contributed by atoms with Crippen LogP contribution < -0.4 is 0 Å². The maximum Gasteiger partial charge on any atom is 0.332 e. The fourth-order valence-electron chi connectivity index (χ4n) is 1.93. The molecule has 3 nitrogen and oxygen atoms in total. The number of aliphatic carboxylic acids is 1. The summed E-state index contributed by atoms with van der Waals surface area (Å²) in [6, 6.07) is 0.457. The van der Waals surface area contributed by atoms with Gasteiger partial charge in [0.15, 0.2) is 0 Å². The third-order valence-electron chi connectivity index (χ3n) is 2.75. The van der Waals surface area contributed by atoms with Crippen molar-refractivity contribution in [2.45, 2.75) is 46.6 Å². The van der Waals surface area contributed by atoms with Crippen molar-refractivity contribution in [2.75, 3.05) is 13.1 Å². The number of carbonyl (C=O) groups is 1. The summed E-state index contributed by atoms with van der Waals surface area (Å²) in [6.07, 6.45) is 2.10. The molecule has 0 aromatic heterocycles. The molecule has 94 valence electrons. The van der Waals surface area contributed by atoms with E-state index in [9.17, 15) is 4.79 Å². The Labute approximate surface area is 99.1 Å². The maximum absolute atomic E-state index is 10.8. The van der Waals surface area contributed by atoms with E-state index >= 15 is 0 Å². The summed E-state index contributed by atoms with van der Waals surface area (Å²) in [6.45, 7) is 13.6. The van der Waals surface area contributed by atoms with Crippen LogP contribution >= 0.6 is 0 Å². The van der Waals surface area contributed by atoms with Crippen LogP contribution in [0.5, 0.6) is 0 Å². The van der Waals surface area contributed by atoms with Crippen LogP contribution in [0.2, 0.25) is 0 Å². The molecule has 0 rings (SSSR count). The first kappa shape index (κ1) is 15.2. The first-order chi connectivity index (χ1) is 7.42. The minimum absolute atomic E-state index is 0.285. The first-order valence-electron chi connectivity index (χ1n) is 6.07. The molecule has 0 aliphatic heterocycles. The second-order valence-electron chi connectivity index (χ2n) is 4.70. The molecule has 0 saturated carbocycles. The SMILES string of the molecule is C=C(CN(CC(C)C)C(CC)CC)C(=O)O. The van der Waals surface area contributed by atoms with Crippen LogP contribution in [0.1, 0.15) is 40.5 Å². The van der Waals surface area contributed by atoms with E-state index in [-0.39, 0.29) is 5.57 Å². The molecule has 0 radical (unpaired) electrons. The molecule has 0 unspecified atom stereocenters. The summed E-state index contributed by atoms with van der Waals surface area (Å²) in [5.74, 6) is -0.345. The Hall–Kier alpha value is -0.830. The van der Waals surface area contributed by atoms with Gasteiger partial charge in [0.25, 0.3) is 0 Å². The monoisotopic (exact) mass is 227 g/mol. The summed E-state index contributed by atoms with van der Waals surface area (Å²) in [5.41, 5.74) is 0.285. The lowest BCUT2D eigenvalue weighted by Crippen LogP contribution is -2.39. The van der Waals surface area contributed by atoms with E-state index in [1.54, 1.807) is 0 Å². The number of hydrogen-bond acceptors (Lipinski definition) is 2. The van der Waals surface area contributed by atoms with Crippen molar-refractivity contribution < 1.29 is 9.90 Å². The Morgan fingerprint density at radius 1 is 1.31 bits per heavy atom. The highest BCUT2D eigenvalue weighted by Gasteiger charge is 2.18. The largest absolute Gasteiger partial charge is 0.478 e. The molecule has 0 aromatic rings. The van der Waals surface area contributed by atoms with Crippen molar-refractivity contribution in [3.05, 3.63) is 12.2 Å². The first-order valence-corrected chi connectivity index (χ1v) is 6.07. The Kier molecular flexibility index (Phi) is 7.06. The molecule has 0 amide bonds. The van der Waals surface area contributed by atoms with Crippen LogP contribution in [-0.2, 0) is 4.79 Å². The van der Waals surface area contributed by atoms with Gasteiger partial charge in [0.1, 0.15) is 0 Å². The molecule has 0 aliphatic rings. The van der Waals surface area contributed by atoms with Gasteiger partial charge in [0.05, 0.1) is 0 Å². The molecular formula is C13H25NO2. The molecule has 0 bridgehead atoms. The molecule has 0 atom stereocenters. The van der Waals surface area contributed by atoms with Crippen LogP contribution in [0.3, 0.4) is 0 Å². The third kappa shape index (κ3) is 5.31. The van der Waals surface area contributed by atoms with Crippen LogP contribution in [-0.4, -0.2) is 35.1 Å². The summed E-state index contributed by atoms with van der Waals surface area (Å²) in [5, 5.41) is 8.87. The van der Waals surface area contributed by atoms with E-state index in [2.05, 4.69) is 39.2 Å². The van der Waals surface area contributed by atoms with Crippen molar-refractivity contribution in [1.29, 1.82) is 0 Å². The van der Waals surface area contributed by atoms with Crippen LogP contribution in [0.25, 0.3) is 0 Å². The van der Waals surface area contributed by atoms with Gasteiger partial charge in [-0.3, -0.25) is 4.90 Å². The quantitative estimate of drug-likeness (QED) is 0.648. The molecule has 16 heavy (non-hydrogen) atoms. The van der Waals surface area contributed by atoms with E-state index in [1.165, 1.54) is 0 Å². The van der Waals surface area contributed by atoms with Gasteiger partial charge in [-0.2, -0.15) is 0 Å². The molecule has 0 aromatic carbocycles. The summed E-state index contributed by atoms with van der Waals surface area (Å²) in [7, 11) is 0. The minimum atomic E-state index is -0.889. The zero-order valence-electron chi connectivity index (χ0n) is 11.0. The molecular weight excluding hydrogens is 202 g/mol. The predicted octanol–water partition coefficient (Wildman–Crippen LogP) is 2.77. The Morgan fingerprint density at radius 2 is 1.81 bits per heavy atom. The minimum Gasteiger partial charge on any atom is -0.478 e. The molecule has 3 heteroatoms. The summed E-state index contributed by atoms with van der Waals surface area (Å²) in [4.78, 5) is 13.0. The Bertz CT molecular complexity index is 232. The number of nitrogens with zero attached hydrogens (tertiary/aromatic N) is 1. The molecule has 0 spiro atoms. The van der Waals surface area contributed by atoms with Gasteiger partial charge in [-0.1, -0.05) is 34.3 Å². The molecule has 0 aliphatic carbocycles. The third-order valence-corrected chi connectivity index (χ3v) is 2.75. The normalized spacial score (nSPS) is 11.4. The summed E-state index contributed by atoms with van der Waals surface area (Å²) >= 11 is 0. The van der Waals surface area contributed by atoms with Crippen LogP contribution in [0.4, 0.5) is 0 Å². The lowest BCUT2D eigenvalue weighted by atomic mass is 10.1. The van der Waals surface area contributed by atoms with Crippen LogP contribution in [0, 0.1) is 5.92 Å². The van der Waals surface area contributed by atoms with Gasteiger partial charge in [0.2, 0.25) is 0 Å². The van der Waals surface area contributed by atoms with Crippen LogP contribution in [0.15, 0.2) is 12.2 Å². The maximum atomic E-state index is 10.8. The lowest BCUT2D eigenvalue weighted by Gasteiger charge is -2.31. The van der Waals surface area contributed by atoms with Gasteiger partial charge >= 0.3 is 5.97 Å². The van der Waals surface area contributed by atoms with Gasteiger partial charge < -0.3 is 5.11 Å². The fraction of sp³-hybridized carbons (Fsp3) is 0.769. The average molecular weight is 227 g/mol. The van der Waals surface area contributed by atoms with Crippen molar-refractivity contribution in [2.24, 2.45) is 5.92 Å². The molecule has 0 saturated heterocycles. The predicted molar refractivity (Wildman–Crippen MR) is 67.6 cm³/mol. The Balaban J connectivity index is 4.53. The highest BCUT2D eigenvalue weighted by molar-refractivity contribution is 5.86.